The van der Waals surface area contributed by atoms with Crippen LogP contribution in [0.2, 0.25) is 0 Å². The number of nitrogens with zero attached hydrogens (tertiary/aromatic N) is 5. The van der Waals surface area contributed by atoms with E-state index in [0.717, 1.165) is 74.2 Å². The third-order valence-electron chi connectivity index (χ3n) is 4.51. The van der Waals surface area contributed by atoms with Crippen LogP contribution < -0.4 is 16.3 Å². The molecule has 3 heterocycles. The zero-order chi connectivity index (χ0) is 19.1. The summed E-state index contributed by atoms with van der Waals surface area (Å²) in [5.41, 5.74) is 1.14. The predicted molar refractivity (Wildman–Crippen MR) is 109 cm³/mol. The zero-order valence-corrected chi connectivity index (χ0v) is 17.0. The van der Waals surface area contributed by atoms with E-state index >= 15 is 0 Å². The van der Waals surface area contributed by atoms with Crippen molar-refractivity contribution >= 4 is 17.3 Å². The Bertz CT molecular complexity index is 820. The number of hydrogen-bond donors (Lipinski definition) is 2. The molecule has 0 amide bonds. The number of aryl methyl sites for hydroxylation is 3. The van der Waals surface area contributed by atoms with Crippen molar-refractivity contribution in [2.24, 2.45) is 4.99 Å². The number of thiazole rings is 1. The first-order valence-electron chi connectivity index (χ1n) is 9.77. The molecule has 0 spiro atoms. The Morgan fingerprint density at radius 3 is 3.00 bits per heavy atom. The van der Waals surface area contributed by atoms with Gasteiger partial charge in [-0.05, 0) is 33.1 Å². The quantitative estimate of drug-likeness (QED) is 0.403. The van der Waals surface area contributed by atoms with E-state index in [2.05, 4.69) is 38.0 Å². The smallest absolute Gasteiger partial charge is 0.345 e. The van der Waals surface area contributed by atoms with E-state index in [1.807, 2.05) is 11.5 Å². The van der Waals surface area contributed by atoms with Crippen LogP contribution in [0.5, 0.6) is 0 Å². The molecule has 2 aromatic heterocycles. The molecule has 0 radical (unpaired) electrons. The Kier molecular flexibility index (Phi) is 7.03. The summed E-state index contributed by atoms with van der Waals surface area (Å²) >= 11 is 1.68. The maximum absolute atomic E-state index is 12.3. The highest BCUT2D eigenvalue weighted by Gasteiger charge is 2.16. The molecule has 0 fully saturated rings. The van der Waals surface area contributed by atoms with Gasteiger partial charge in [0.15, 0.2) is 5.96 Å². The second-order valence-electron chi connectivity index (χ2n) is 6.68. The molecule has 0 bridgehead atoms. The summed E-state index contributed by atoms with van der Waals surface area (Å²) in [5.74, 6) is 1.74. The molecule has 2 aromatic rings. The van der Waals surface area contributed by atoms with Crippen LogP contribution in [0.15, 0.2) is 15.2 Å². The number of aromatic nitrogens is 4. The standard InChI is InChI=1S/C18H29N7OS/c1-3-19-17(21-10-8-15-13-27-14(2)22-15)20-9-6-12-25-18(26)24-11-5-4-7-16(24)23-25/h13H,3-12H2,1-2H3,(H2,19,20,21). The van der Waals surface area contributed by atoms with Crippen LogP contribution in [0.25, 0.3) is 0 Å². The van der Waals surface area contributed by atoms with Gasteiger partial charge in [0.25, 0.3) is 0 Å². The van der Waals surface area contributed by atoms with Crippen LogP contribution in [-0.2, 0) is 25.9 Å². The summed E-state index contributed by atoms with van der Waals surface area (Å²) in [5, 5.41) is 14.3. The Balaban J connectivity index is 1.45. The van der Waals surface area contributed by atoms with Crippen molar-refractivity contribution in [3.8, 4) is 0 Å². The summed E-state index contributed by atoms with van der Waals surface area (Å²) in [6.45, 7) is 7.75. The van der Waals surface area contributed by atoms with Crippen molar-refractivity contribution in [3.63, 3.8) is 0 Å². The van der Waals surface area contributed by atoms with Gasteiger partial charge in [-0.15, -0.1) is 11.3 Å². The van der Waals surface area contributed by atoms with Gasteiger partial charge in [0.1, 0.15) is 5.82 Å². The summed E-state index contributed by atoms with van der Waals surface area (Å²) in [7, 11) is 0. The Labute approximate surface area is 163 Å². The van der Waals surface area contributed by atoms with Crippen LogP contribution in [0.4, 0.5) is 0 Å². The van der Waals surface area contributed by atoms with Crippen LogP contribution in [-0.4, -0.2) is 44.9 Å². The van der Waals surface area contributed by atoms with Crippen molar-refractivity contribution < 1.29 is 0 Å². The summed E-state index contributed by atoms with van der Waals surface area (Å²) in [6.07, 6.45) is 4.77. The summed E-state index contributed by atoms with van der Waals surface area (Å²) in [4.78, 5) is 21.4. The molecule has 9 heteroatoms. The molecule has 3 rings (SSSR count). The van der Waals surface area contributed by atoms with Gasteiger partial charge < -0.3 is 10.6 Å². The molecular formula is C18H29N7OS. The first kappa shape index (κ1) is 19.6. The largest absolute Gasteiger partial charge is 0.357 e. The molecule has 0 saturated carbocycles. The van der Waals surface area contributed by atoms with E-state index in [-0.39, 0.29) is 5.69 Å². The number of rotatable bonds is 8. The minimum absolute atomic E-state index is 0.0252. The minimum atomic E-state index is 0.0252. The highest BCUT2D eigenvalue weighted by atomic mass is 32.1. The molecule has 0 unspecified atom stereocenters. The zero-order valence-electron chi connectivity index (χ0n) is 16.2. The van der Waals surface area contributed by atoms with Gasteiger partial charge in [0, 0.05) is 50.9 Å². The van der Waals surface area contributed by atoms with Crippen molar-refractivity contribution in [1.82, 2.24) is 30.0 Å². The van der Waals surface area contributed by atoms with Crippen LogP contribution in [0, 0.1) is 6.92 Å². The van der Waals surface area contributed by atoms with Crippen molar-refractivity contribution in [3.05, 3.63) is 32.4 Å². The van der Waals surface area contributed by atoms with Gasteiger partial charge in [-0.3, -0.25) is 9.56 Å². The predicted octanol–water partition coefficient (Wildman–Crippen LogP) is 1.33. The third kappa shape index (κ3) is 5.41. The fraction of sp³-hybridized carbons (Fsp3) is 0.667. The lowest BCUT2D eigenvalue weighted by molar-refractivity contribution is 0.509. The topological polar surface area (TPSA) is 89.1 Å². The number of hydrogen-bond acceptors (Lipinski definition) is 5. The second-order valence-corrected chi connectivity index (χ2v) is 7.74. The molecule has 0 atom stereocenters. The molecule has 1 aliphatic heterocycles. The van der Waals surface area contributed by atoms with Gasteiger partial charge >= 0.3 is 5.69 Å². The molecular weight excluding hydrogens is 362 g/mol. The fourth-order valence-corrected chi connectivity index (χ4v) is 3.83. The number of nitrogens with one attached hydrogen (secondary N) is 2. The Morgan fingerprint density at radius 1 is 1.37 bits per heavy atom. The molecule has 8 nitrogen and oxygen atoms in total. The van der Waals surface area contributed by atoms with E-state index in [0.29, 0.717) is 13.1 Å². The lowest BCUT2D eigenvalue weighted by Crippen LogP contribution is -2.38. The van der Waals surface area contributed by atoms with Crippen LogP contribution >= 0.6 is 11.3 Å². The SMILES string of the molecule is CCNC(=NCCCn1nc2n(c1=O)CCCC2)NCCc1csc(C)n1. The monoisotopic (exact) mass is 391 g/mol. The second kappa shape index (κ2) is 9.68. The molecule has 0 aliphatic carbocycles. The van der Waals surface area contributed by atoms with Crippen molar-refractivity contribution in [1.29, 1.82) is 0 Å². The maximum Gasteiger partial charge on any atom is 0.345 e. The highest BCUT2D eigenvalue weighted by Crippen LogP contribution is 2.09. The molecule has 2 N–H and O–H groups in total. The van der Waals surface area contributed by atoms with Crippen LogP contribution in [0.3, 0.4) is 0 Å². The van der Waals surface area contributed by atoms with E-state index in [1.165, 1.54) is 0 Å². The fourth-order valence-electron chi connectivity index (χ4n) is 3.18. The average molecular weight is 392 g/mol. The van der Waals surface area contributed by atoms with E-state index in [4.69, 9.17) is 0 Å². The Hall–Kier alpha value is -2.16. The van der Waals surface area contributed by atoms with E-state index < -0.39 is 0 Å². The van der Waals surface area contributed by atoms with Gasteiger partial charge in [-0.1, -0.05) is 0 Å². The summed E-state index contributed by atoms with van der Waals surface area (Å²) in [6, 6.07) is 0. The van der Waals surface area contributed by atoms with Crippen molar-refractivity contribution in [2.45, 2.75) is 59.0 Å². The van der Waals surface area contributed by atoms with Gasteiger partial charge in [0.05, 0.1) is 10.7 Å². The van der Waals surface area contributed by atoms with Crippen LogP contribution in [0.1, 0.15) is 42.7 Å². The van der Waals surface area contributed by atoms with Gasteiger partial charge in [-0.2, -0.15) is 5.10 Å². The number of fused-ring (bicyclic) bond motifs is 1. The summed E-state index contributed by atoms with van der Waals surface area (Å²) < 4.78 is 3.42. The normalized spacial score (nSPS) is 14.2. The van der Waals surface area contributed by atoms with E-state index in [1.54, 1.807) is 16.0 Å². The molecule has 0 aromatic carbocycles. The first-order chi connectivity index (χ1) is 13.2. The molecule has 0 saturated heterocycles. The minimum Gasteiger partial charge on any atom is -0.357 e. The Morgan fingerprint density at radius 2 is 2.26 bits per heavy atom. The third-order valence-corrected chi connectivity index (χ3v) is 5.34. The average Bonchev–Trinajstić information content (AvgIpc) is 3.22. The maximum atomic E-state index is 12.3. The first-order valence-corrected chi connectivity index (χ1v) is 10.6. The number of guanidine groups is 1. The molecule has 1 aliphatic rings. The number of aliphatic imine (C=N–C) groups is 1. The van der Waals surface area contributed by atoms with Crippen molar-refractivity contribution in [2.75, 3.05) is 19.6 Å². The van der Waals surface area contributed by atoms with E-state index in [9.17, 15) is 4.79 Å². The lowest BCUT2D eigenvalue weighted by atomic mass is 10.2. The van der Waals surface area contributed by atoms with Gasteiger partial charge in [-0.25, -0.2) is 14.5 Å². The molecule has 148 valence electrons. The lowest BCUT2D eigenvalue weighted by Gasteiger charge is -2.10. The molecule has 27 heavy (non-hydrogen) atoms. The van der Waals surface area contributed by atoms with Gasteiger partial charge in [0.2, 0.25) is 0 Å². The highest BCUT2D eigenvalue weighted by molar-refractivity contribution is 7.09.